The Labute approximate surface area is 96.7 Å². The van der Waals surface area contributed by atoms with Gasteiger partial charge in [0.1, 0.15) is 0 Å². The number of piperidine rings is 1. The van der Waals surface area contributed by atoms with Crippen molar-refractivity contribution in [2.45, 2.75) is 45.3 Å². The van der Waals surface area contributed by atoms with E-state index in [-0.39, 0.29) is 6.04 Å². The number of aryl methyl sites for hydroxylation is 2. The van der Waals surface area contributed by atoms with E-state index in [9.17, 15) is 5.11 Å². The van der Waals surface area contributed by atoms with Crippen molar-refractivity contribution in [3.63, 3.8) is 0 Å². The summed E-state index contributed by atoms with van der Waals surface area (Å²) in [6.45, 7) is 5.00. The molecule has 16 heavy (non-hydrogen) atoms. The number of rotatable bonds is 2. The Morgan fingerprint density at radius 1 is 1.44 bits per heavy atom. The van der Waals surface area contributed by atoms with E-state index in [1.807, 2.05) is 25.6 Å². The average molecular weight is 223 g/mol. The van der Waals surface area contributed by atoms with Crippen LogP contribution in [0.3, 0.4) is 0 Å². The summed E-state index contributed by atoms with van der Waals surface area (Å²) in [5.74, 6) is 0. The van der Waals surface area contributed by atoms with E-state index < -0.39 is 6.10 Å². The van der Waals surface area contributed by atoms with Gasteiger partial charge >= 0.3 is 0 Å². The third-order valence-corrected chi connectivity index (χ3v) is 3.59. The lowest BCUT2D eigenvalue weighted by atomic mass is 9.94. The maximum Gasteiger partial charge on any atom is 0.0978 e. The average Bonchev–Trinajstić information content (AvgIpc) is 2.54. The van der Waals surface area contributed by atoms with Crippen molar-refractivity contribution >= 4 is 0 Å². The van der Waals surface area contributed by atoms with Crippen molar-refractivity contribution in [3.05, 3.63) is 17.0 Å². The highest BCUT2D eigenvalue weighted by molar-refractivity contribution is 5.28. The standard InChI is InChI=1S/C12H21N3O/c1-8-11(9(2)15(3)14-8)12(16)10-6-4-5-7-13-10/h10,12-13,16H,4-7H2,1-3H3. The van der Waals surface area contributed by atoms with Crippen LogP contribution in [0, 0.1) is 13.8 Å². The molecule has 4 nitrogen and oxygen atoms in total. The van der Waals surface area contributed by atoms with Crippen molar-refractivity contribution in [1.29, 1.82) is 0 Å². The second-order valence-corrected chi connectivity index (χ2v) is 4.71. The molecule has 1 saturated heterocycles. The van der Waals surface area contributed by atoms with E-state index in [1.165, 1.54) is 12.8 Å². The topological polar surface area (TPSA) is 50.1 Å². The van der Waals surface area contributed by atoms with Crippen molar-refractivity contribution in [3.8, 4) is 0 Å². The number of aliphatic hydroxyl groups is 1. The lowest BCUT2D eigenvalue weighted by molar-refractivity contribution is 0.112. The smallest absolute Gasteiger partial charge is 0.0978 e. The monoisotopic (exact) mass is 223 g/mol. The first-order chi connectivity index (χ1) is 7.61. The zero-order valence-corrected chi connectivity index (χ0v) is 10.3. The molecule has 4 heteroatoms. The fourth-order valence-electron chi connectivity index (χ4n) is 2.57. The molecule has 0 radical (unpaired) electrons. The predicted molar refractivity (Wildman–Crippen MR) is 63.3 cm³/mol. The zero-order chi connectivity index (χ0) is 11.7. The zero-order valence-electron chi connectivity index (χ0n) is 10.3. The summed E-state index contributed by atoms with van der Waals surface area (Å²) in [6, 6.07) is 0.190. The molecule has 0 spiro atoms. The van der Waals surface area contributed by atoms with Crippen LogP contribution in [0.4, 0.5) is 0 Å². The summed E-state index contributed by atoms with van der Waals surface area (Å²) >= 11 is 0. The molecule has 1 aliphatic heterocycles. The third-order valence-electron chi connectivity index (χ3n) is 3.59. The summed E-state index contributed by atoms with van der Waals surface area (Å²) in [5, 5.41) is 18.2. The van der Waals surface area contributed by atoms with Crippen LogP contribution >= 0.6 is 0 Å². The lowest BCUT2D eigenvalue weighted by Crippen LogP contribution is -2.39. The van der Waals surface area contributed by atoms with Gasteiger partial charge in [0.2, 0.25) is 0 Å². The van der Waals surface area contributed by atoms with Crippen molar-refractivity contribution in [2.24, 2.45) is 7.05 Å². The van der Waals surface area contributed by atoms with Gasteiger partial charge in [-0.3, -0.25) is 4.68 Å². The molecule has 2 unspecified atom stereocenters. The Hall–Kier alpha value is -0.870. The molecule has 0 saturated carbocycles. The lowest BCUT2D eigenvalue weighted by Gasteiger charge is -2.28. The molecule has 2 atom stereocenters. The van der Waals surface area contributed by atoms with E-state index in [0.29, 0.717) is 0 Å². The molecule has 0 aliphatic carbocycles. The first-order valence-electron chi connectivity index (χ1n) is 6.03. The van der Waals surface area contributed by atoms with Gasteiger partial charge in [0.15, 0.2) is 0 Å². The molecule has 2 rings (SSSR count). The van der Waals surface area contributed by atoms with Gasteiger partial charge in [0.05, 0.1) is 11.8 Å². The summed E-state index contributed by atoms with van der Waals surface area (Å²) in [4.78, 5) is 0. The summed E-state index contributed by atoms with van der Waals surface area (Å²) < 4.78 is 1.84. The van der Waals surface area contributed by atoms with Crippen LogP contribution in [0.2, 0.25) is 0 Å². The van der Waals surface area contributed by atoms with E-state index in [4.69, 9.17) is 0 Å². The molecule has 0 amide bonds. The molecule has 2 N–H and O–H groups in total. The SMILES string of the molecule is Cc1nn(C)c(C)c1C(O)C1CCCCN1. The van der Waals surface area contributed by atoms with Gasteiger partial charge in [0.25, 0.3) is 0 Å². The quantitative estimate of drug-likeness (QED) is 0.792. The molecule has 1 aliphatic rings. The van der Waals surface area contributed by atoms with E-state index >= 15 is 0 Å². The van der Waals surface area contributed by atoms with Gasteiger partial charge in [-0.15, -0.1) is 0 Å². The van der Waals surface area contributed by atoms with Crippen LogP contribution < -0.4 is 5.32 Å². The van der Waals surface area contributed by atoms with Crippen LogP contribution in [0.1, 0.15) is 42.3 Å². The maximum atomic E-state index is 10.4. The highest BCUT2D eigenvalue weighted by Gasteiger charge is 2.27. The molecule has 0 aromatic carbocycles. The van der Waals surface area contributed by atoms with E-state index in [2.05, 4.69) is 10.4 Å². The van der Waals surface area contributed by atoms with Crippen molar-refractivity contribution < 1.29 is 5.11 Å². The Morgan fingerprint density at radius 2 is 2.19 bits per heavy atom. The molecular weight excluding hydrogens is 202 g/mol. The van der Waals surface area contributed by atoms with Crippen molar-refractivity contribution in [2.75, 3.05) is 6.54 Å². The minimum atomic E-state index is -0.422. The van der Waals surface area contributed by atoms with Gasteiger partial charge in [0, 0.05) is 24.3 Å². The second-order valence-electron chi connectivity index (χ2n) is 4.71. The Morgan fingerprint density at radius 3 is 2.69 bits per heavy atom. The minimum Gasteiger partial charge on any atom is -0.387 e. The first-order valence-corrected chi connectivity index (χ1v) is 6.03. The number of nitrogens with one attached hydrogen (secondary N) is 1. The van der Waals surface area contributed by atoms with E-state index in [0.717, 1.165) is 29.9 Å². The number of hydrogen-bond acceptors (Lipinski definition) is 3. The predicted octanol–water partition coefficient (Wildman–Crippen LogP) is 1.21. The maximum absolute atomic E-state index is 10.4. The molecule has 1 aromatic rings. The van der Waals surface area contributed by atoms with Gasteiger partial charge in [-0.2, -0.15) is 5.10 Å². The second kappa shape index (κ2) is 4.55. The number of aromatic nitrogens is 2. The van der Waals surface area contributed by atoms with Crippen LogP contribution in [0.25, 0.3) is 0 Å². The normalized spacial score (nSPS) is 23.4. The molecule has 1 fully saturated rings. The van der Waals surface area contributed by atoms with Crippen LogP contribution in [0.5, 0.6) is 0 Å². The number of hydrogen-bond donors (Lipinski definition) is 2. The third kappa shape index (κ3) is 1.99. The first kappa shape index (κ1) is 11.6. The minimum absolute atomic E-state index is 0.190. The van der Waals surface area contributed by atoms with Crippen LogP contribution in [0.15, 0.2) is 0 Å². The number of aliphatic hydroxyl groups excluding tert-OH is 1. The highest BCUT2D eigenvalue weighted by atomic mass is 16.3. The Kier molecular flexibility index (Phi) is 3.30. The fourth-order valence-corrected chi connectivity index (χ4v) is 2.57. The van der Waals surface area contributed by atoms with E-state index in [1.54, 1.807) is 0 Å². The summed E-state index contributed by atoms with van der Waals surface area (Å²) in [6.07, 6.45) is 3.05. The van der Waals surface area contributed by atoms with Gasteiger partial charge < -0.3 is 10.4 Å². The Bertz CT molecular complexity index is 367. The fraction of sp³-hybridized carbons (Fsp3) is 0.750. The largest absolute Gasteiger partial charge is 0.387 e. The summed E-state index contributed by atoms with van der Waals surface area (Å²) in [5.41, 5.74) is 3.01. The molecule has 2 heterocycles. The number of nitrogens with zero attached hydrogens (tertiary/aromatic N) is 2. The van der Waals surface area contributed by atoms with Crippen molar-refractivity contribution in [1.82, 2.24) is 15.1 Å². The Balaban J connectivity index is 2.22. The molecular formula is C12H21N3O. The van der Waals surface area contributed by atoms with Gasteiger partial charge in [-0.1, -0.05) is 6.42 Å². The van der Waals surface area contributed by atoms with Crippen LogP contribution in [-0.4, -0.2) is 27.5 Å². The van der Waals surface area contributed by atoms with Crippen LogP contribution in [-0.2, 0) is 7.05 Å². The molecule has 0 bridgehead atoms. The summed E-state index contributed by atoms with van der Waals surface area (Å²) in [7, 11) is 1.92. The molecule has 90 valence electrons. The highest BCUT2D eigenvalue weighted by Crippen LogP contribution is 2.27. The van der Waals surface area contributed by atoms with Gasteiger partial charge in [-0.25, -0.2) is 0 Å². The van der Waals surface area contributed by atoms with Gasteiger partial charge in [-0.05, 0) is 33.2 Å². The molecule has 1 aromatic heterocycles.